The van der Waals surface area contributed by atoms with Gasteiger partial charge in [0.25, 0.3) is 0 Å². The van der Waals surface area contributed by atoms with E-state index in [1.165, 1.54) is 12.7 Å². The summed E-state index contributed by atoms with van der Waals surface area (Å²) in [6.45, 7) is 12.9. The molecule has 5 heterocycles. The van der Waals surface area contributed by atoms with Crippen LogP contribution < -0.4 is 10.6 Å². The number of aromatic nitrogens is 2. The van der Waals surface area contributed by atoms with Crippen LogP contribution in [0.5, 0.6) is 0 Å². The highest BCUT2D eigenvalue weighted by Crippen LogP contribution is 2.44. The van der Waals surface area contributed by atoms with Crippen LogP contribution in [0.4, 0.5) is 19.0 Å². The lowest BCUT2D eigenvalue weighted by molar-refractivity contribution is -0.126. The Morgan fingerprint density at radius 3 is 2.63 bits per heavy atom. The van der Waals surface area contributed by atoms with Crippen LogP contribution in [-0.4, -0.2) is 101 Å². The first kappa shape index (κ1) is 30.6. The third kappa shape index (κ3) is 6.95. The SMILES string of the molecule is CC1C(CN2CCC(Nc3ncnc4sc(CC(F)(F)F)cc34)CC2)CCC2C1C=C(C#N)N2CC(C)N1CCNCC1. The van der Waals surface area contributed by atoms with Gasteiger partial charge in [0.2, 0.25) is 0 Å². The van der Waals surface area contributed by atoms with Crippen molar-refractivity contribution in [3.8, 4) is 6.07 Å². The van der Waals surface area contributed by atoms with Gasteiger partial charge in [-0.1, -0.05) is 6.92 Å². The molecule has 2 aromatic heterocycles. The number of rotatable bonds is 8. The molecule has 2 N–H and O–H groups in total. The quantitative estimate of drug-likeness (QED) is 0.441. The van der Waals surface area contributed by atoms with E-state index >= 15 is 0 Å². The highest BCUT2D eigenvalue weighted by Gasteiger charge is 2.44. The summed E-state index contributed by atoms with van der Waals surface area (Å²) in [4.78, 5) is 17.0. The molecule has 234 valence electrons. The van der Waals surface area contributed by atoms with Crippen LogP contribution >= 0.6 is 11.3 Å². The van der Waals surface area contributed by atoms with Gasteiger partial charge in [0.1, 0.15) is 28.7 Å². The molecule has 0 amide bonds. The number of alkyl halides is 3. The minimum atomic E-state index is -4.24. The van der Waals surface area contributed by atoms with Crippen LogP contribution in [0.3, 0.4) is 0 Å². The minimum Gasteiger partial charge on any atom is -0.367 e. The number of likely N-dealkylation sites (tertiary alicyclic amines) is 1. The summed E-state index contributed by atoms with van der Waals surface area (Å²) in [5, 5.41) is 17.6. The van der Waals surface area contributed by atoms with Crippen LogP contribution in [0.2, 0.25) is 0 Å². The maximum atomic E-state index is 12.9. The van der Waals surface area contributed by atoms with Crippen molar-refractivity contribution >= 4 is 27.4 Å². The largest absolute Gasteiger partial charge is 0.393 e. The molecule has 1 saturated carbocycles. The molecule has 1 aliphatic carbocycles. The Morgan fingerprint density at radius 1 is 1.14 bits per heavy atom. The molecule has 0 aromatic carbocycles. The zero-order chi connectivity index (χ0) is 30.1. The first-order valence-corrected chi connectivity index (χ1v) is 16.6. The van der Waals surface area contributed by atoms with Gasteiger partial charge >= 0.3 is 6.18 Å². The van der Waals surface area contributed by atoms with E-state index in [2.05, 4.69) is 61.3 Å². The topological polar surface area (TPSA) is 83.3 Å². The summed E-state index contributed by atoms with van der Waals surface area (Å²) in [7, 11) is 0. The molecule has 0 spiro atoms. The van der Waals surface area contributed by atoms with E-state index in [-0.39, 0.29) is 10.9 Å². The van der Waals surface area contributed by atoms with E-state index in [9.17, 15) is 18.4 Å². The van der Waals surface area contributed by atoms with Crippen molar-refractivity contribution in [2.75, 3.05) is 57.7 Å². The number of allylic oxidation sites excluding steroid dienone is 1. The van der Waals surface area contributed by atoms with Crippen molar-refractivity contribution in [3.05, 3.63) is 29.0 Å². The Kier molecular flexibility index (Phi) is 9.15. The highest BCUT2D eigenvalue weighted by molar-refractivity contribution is 7.18. The molecule has 0 radical (unpaired) electrons. The number of nitrogens with zero attached hydrogens (tertiary/aromatic N) is 6. The van der Waals surface area contributed by atoms with Gasteiger partial charge in [-0.25, -0.2) is 9.97 Å². The van der Waals surface area contributed by atoms with E-state index in [1.807, 2.05) is 0 Å². The van der Waals surface area contributed by atoms with Crippen molar-refractivity contribution in [1.82, 2.24) is 30.0 Å². The van der Waals surface area contributed by atoms with Gasteiger partial charge in [0.05, 0.1) is 11.8 Å². The lowest BCUT2D eigenvalue weighted by atomic mass is 9.70. The van der Waals surface area contributed by atoms with Crippen LogP contribution in [-0.2, 0) is 6.42 Å². The standard InChI is InChI=1S/C31H43F3N8S/c1-20(41-11-7-36-8-12-41)17-42-24(16-35)13-26-21(2)22(3-4-28(26)42)18-40-9-5-23(6-10-40)39-29-27-14-25(15-31(32,33)34)43-30(27)38-19-37-29/h13-14,19-23,26,28,36H,3-12,15,17-18H2,1-2H3,(H,37,38,39). The van der Waals surface area contributed by atoms with Crippen molar-refractivity contribution in [3.63, 3.8) is 0 Å². The average Bonchev–Trinajstić information content (AvgIpc) is 3.56. The van der Waals surface area contributed by atoms with Crippen molar-refractivity contribution < 1.29 is 13.2 Å². The van der Waals surface area contributed by atoms with E-state index in [4.69, 9.17) is 0 Å². The van der Waals surface area contributed by atoms with Crippen molar-refractivity contribution in [2.45, 2.75) is 70.3 Å². The van der Waals surface area contributed by atoms with Gasteiger partial charge in [-0.2, -0.15) is 18.4 Å². The molecule has 5 atom stereocenters. The molecule has 0 bridgehead atoms. The Balaban J connectivity index is 1.01. The van der Waals surface area contributed by atoms with Gasteiger partial charge in [-0.3, -0.25) is 4.90 Å². The lowest BCUT2D eigenvalue weighted by Gasteiger charge is -2.45. The number of thiophene rings is 1. The summed E-state index contributed by atoms with van der Waals surface area (Å²) in [6.07, 6.45) is 2.79. The first-order valence-electron chi connectivity index (χ1n) is 15.8. The van der Waals surface area contributed by atoms with Crippen molar-refractivity contribution in [2.24, 2.45) is 17.8 Å². The van der Waals surface area contributed by atoms with Crippen LogP contribution in [0, 0.1) is 29.1 Å². The van der Waals surface area contributed by atoms with Crippen LogP contribution in [0.1, 0.15) is 44.4 Å². The predicted molar refractivity (Wildman–Crippen MR) is 164 cm³/mol. The van der Waals surface area contributed by atoms with Gasteiger partial charge in [-0.05, 0) is 56.6 Å². The smallest absolute Gasteiger partial charge is 0.367 e. The minimum absolute atomic E-state index is 0.232. The fourth-order valence-electron chi connectivity index (χ4n) is 7.79. The lowest BCUT2D eigenvalue weighted by Crippen LogP contribution is -2.53. The van der Waals surface area contributed by atoms with E-state index in [0.717, 1.165) is 88.7 Å². The summed E-state index contributed by atoms with van der Waals surface area (Å²) in [6, 6.07) is 5.20. The second kappa shape index (κ2) is 12.9. The molecule has 8 nitrogen and oxygen atoms in total. The highest BCUT2D eigenvalue weighted by atomic mass is 32.1. The molecule has 4 aliphatic rings. The number of fused-ring (bicyclic) bond motifs is 2. The molecular weight excluding hydrogens is 573 g/mol. The van der Waals surface area contributed by atoms with E-state index in [1.54, 1.807) is 6.07 Å². The summed E-state index contributed by atoms with van der Waals surface area (Å²) >= 11 is 1.09. The van der Waals surface area contributed by atoms with Gasteiger partial charge in [0.15, 0.2) is 0 Å². The Labute approximate surface area is 256 Å². The summed E-state index contributed by atoms with van der Waals surface area (Å²) < 4.78 is 38.8. The Bertz CT molecular complexity index is 1320. The fraction of sp³-hybridized carbons (Fsp3) is 0.710. The molecule has 3 aliphatic heterocycles. The maximum absolute atomic E-state index is 12.9. The van der Waals surface area contributed by atoms with Gasteiger partial charge in [-0.15, -0.1) is 11.3 Å². The number of halogens is 3. The number of anilines is 1. The molecular formula is C31H43F3N8S. The first-order chi connectivity index (χ1) is 20.7. The summed E-state index contributed by atoms with van der Waals surface area (Å²) in [5.74, 6) is 2.19. The van der Waals surface area contributed by atoms with Crippen LogP contribution in [0.25, 0.3) is 10.2 Å². The molecule has 12 heteroatoms. The van der Waals surface area contributed by atoms with Gasteiger partial charge in [0, 0.05) is 81.3 Å². The fourth-order valence-corrected chi connectivity index (χ4v) is 8.82. The number of piperazine rings is 1. The van der Waals surface area contributed by atoms with E-state index < -0.39 is 12.6 Å². The zero-order valence-corrected chi connectivity index (χ0v) is 25.9. The normalized spacial score (nSPS) is 28.5. The molecule has 43 heavy (non-hydrogen) atoms. The number of nitrogens with one attached hydrogen (secondary N) is 2. The summed E-state index contributed by atoms with van der Waals surface area (Å²) in [5.41, 5.74) is 0.867. The average molecular weight is 617 g/mol. The Hall–Kier alpha value is -2.46. The maximum Gasteiger partial charge on any atom is 0.393 e. The molecule has 5 unspecified atom stereocenters. The third-order valence-electron chi connectivity index (χ3n) is 10.2. The predicted octanol–water partition coefficient (Wildman–Crippen LogP) is 4.72. The van der Waals surface area contributed by atoms with E-state index in [0.29, 0.717) is 45.9 Å². The Morgan fingerprint density at radius 2 is 1.91 bits per heavy atom. The van der Waals surface area contributed by atoms with Gasteiger partial charge < -0.3 is 20.4 Å². The molecule has 3 fully saturated rings. The second-order valence-corrected chi connectivity index (χ2v) is 14.1. The second-order valence-electron chi connectivity index (χ2n) is 13.0. The molecule has 6 rings (SSSR count). The number of hydrogen-bond donors (Lipinski definition) is 2. The third-order valence-corrected chi connectivity index (χ3v) is 11.3. The number of nitriles is 1. The molecule has 2 aromatic rings. The number of hydrogen-bond acceptors (Lipinski definition) is 9. The number of piperidine rings is 1. The zero-order valence-electron chi connectivity index (χ0n) is 25.1. The van der Waals surface area contributed by atoms with Crippen molar-refractivity contribution in [1.29, 1.82) is 5.26 Å². The molecule has 2 saturated heterocycles. The monoisotopic (exact) mass is 616 g/mol. The van der Waals surface area contributed by atoms with Crippen LogP contribution in [0.15, 0.2) is 24.2 Å².